The topological polar surface area (TPSA) is 34.5 Å². The second-order valence-electron chi connectivity index (χ2n) is 14.9. The largest absolute Gasteiger partial charge is 0.456 e. The van der Waals surface area contributed by atoms with E-state index in [0.717, 1.165) is 88.9 Å². The van der Waals surface area contributed by atoms with Crippen LogP contribution in [0.25, 0.3) is 93.6 Å². The zero-order chi connectivity index (χ0) is 38.2. The number of rotatable bonds is 6. The number of fused-ring (bicyclic) bond motifs is 9. The summed E-state index contributed by atoms with van der Waals surface area (Å²) in [4.78, 5) is 2.36. The van der Waals surface area contributed by atoms with Crippen molar-refractivity contribution in [2.75, 3.05) is 4.90 Å². The van der Waals surface area contributed by atoms with Crippen molar-refractivity contribution in [3.63, 3.8) is 0 Å². The minimum atomic E-state index is 0.829. The lowest BCUT2D eigenvalue weighted by Crippen LogP contribution is -2.11. The van der Waals surface area contributed by atoms with Gasteiger partial charge in [-0.05, 0) is 89.5 Å². The second kappa shape index (κ2) is 12.9. The summed E-state index contributed by atoms with van der Waals surface area (Å²) in [5.74, 6) is 0. The van der Waals surface area contributed by atoms with Crippen molar-refractivity contribution in [2.45, 2.75) is 0 Å². The third-order valence-corrected chi connectivity index (χ3v) is 11.6. The molecule has 0 saturated carbocycles. The standard InChI is InChI=1S/C54H34N2O2/c1-3-14-35(15-4-1)37-26-28-44-45-29-27-40(34-52(45)57-51(44)32-37)55(38-18-13-19-39(33-38)56-47-23-10-7-20-42(47)43-21-8-11-24-48(43)56)49-31-30-41(36-16-5-2-6-17-36)54-53(49)46-22-9-12-25-50(46)58-54/h1-34H. The van der Waals surface area contributed by atoms with Gasteiger partial charge in [-0.25, -0.2) is 0 Å². The fraction of sp³-hybridized carbons (Fsp3) is 0. The molecule has 0 atom stereocenters. The minimum absolute atomic E-state index is 0.829. The highest BCUT2D eigenvalue weighted by Crippen LogP contribution is 2.47. The summed E-state index contributed by atoms with van der Waals surface area (Å²) >= 11 is 0. The fourth-order valence-electron chi connectivity index (χ4n) is 8.96. The number of nitrogens with zero attached hydrogens (tertiary/aromatic N) is 2. The minimum Gasteiger partial charge on any atom is -0.456 e. The van der Waals surface area contributed by atoms with Crippen molar-refractivity contribution in [1.82, 2.24) is 4.57 Å². The molecule has 0 aliphatic carbocycles. The molecule has 0 amide bonds. The molecule has 4 nitrogen and oxygen atoms in total. The van der Waals surface area contributed by atoms with E-state index in [2.05, 4.69) is 204 Å². The molecule has 0 spiro atoms. The molecule has 12 aromatic rings. The van der Waals surface area contributed by atoms with Crippen LogP contribution in [0.1, 0.15) is 0 Å². The van der Waals surface area contributed by atoms with Gasteiger partial charge in [0, 0.05) is 55.6 Å². The number of furan rings is 2. The van der Waals surface area contributed by atoms with Crippen LogP contribution in [0, 0.1) is 0 Å². The van der Waals surface area contributed by atoms with Crippen LogP contribution in [-0.4, -0.2) is 4.57 Å². The number of hydrogen-bond acceptors (Lipinski definition) is 3. The van der Waals surface area contributed by atoms with E-state index >= 15 is 0 Å². The average Bonchev–Trinajstić information content (AvgIpc) is 3.97. The predicted octanol–water partition coefficient (Wildman–Crippen LogP) is 15.4. The van der Waals surface area contributed by atoms with Crippen LogP contribution in [0.4, 0.5) is 17.1 Å². The molecule has 0 aliphatic rings. The third-order valence-electron chi connectivity index (χ3n) is 11.6. The first-order chi connectivity index (χ1) is 28.8. The van der Waals surface area contributed by atoms with Gasteiger partial charge in [0.15, 0.2) is 0 Å². The highest BCUT2D eigenvalue weighted by atomic mass is 16.3. The molecule has 0 aliphatic heterocycles. The van der Waals surface area contributed by atoms with E-state index in [1.165, 1.54) is 21.8 Å². The summed E-state index contributed by atoms with van der Waals surface area (Å²) in [5, 5.41) is 6.75. The molecule has 0 radical (unpaired) electrons. The molecule has 0 unspecified atom stereocenters. The maximum atomic E-state index is 6.79. The average molecular weight is 743 g/mol. The Morgan fingerprint density at radius 2 is 0.983 bits per heavy atom. The molecule has 12 rings (SSSR count). The molecule has 0 bridgehead atoms. The highest BCUT2D eigenvalue weighted by Gasteiger charge is 2.24. The Balaban J connectivity index is 1.11. The number of para-hydroxylation sites is 3. The summed E-state index contributed by atoms with van der Waals surface area (Å²) in [5.41, 5.74) is 14.3. The Labute approximate surface area is 334 Å². The van der Waals surface area contributed by atoms with Crippen molar-refractivity contribution in [2.24, 2.45) is 0 Å². The van der Waals surface area contributed by atoms with Crippen LogP contribution < -0.4 is 4.90 Å². The summed E-state index contributed by atoms with van der Waals surface area (Å²) in [6.07, 6.45) is 0. The van der Waals surface area contributed by atoms with Crippen LogP contribution in [0.15, 0.2) is 215 Å². The van der Waals surface area contributed by atoms with E-state index in [0.29, 0.717) is 0 Å². The van der Waals surface area contributed by atoms with Crippen molar-refractivity contribution < 1.29 is 8.83 Å². The number of benzene rings is 9. The lowest BCUT2D eigenvalue weighted by molar-refractivity contribution is 0.669. The SMILES string of the molecule is c1ccc(-c2ccc3c(c2)oc2cc(N(c4cccc(-n5c6ccccc6c6ccccc65)c4)c4ccc(-c5ccccc5)c5oc6ccccc6c45)ccc23)cc1. The van der Waals surface area contributed by atoms with Crippen LogP contribution >= 0.6 is 0 Å². The van der Waals surface area contributed by atoms with Crippen molar-refractivity contribution >= 4 is 82.7 Å². The molecule has 0 fully saturated rings. The maximum Gasteiger partial charge on any atom is 0.145 e. The first kappa shape index (κ1) is 32.4. The molecule has 0 N–H and O–H groups in total. The van der Waals surface area contributed by atoms with Gasteiger partial charge < -0.3 is 18.3 Å². The molecule has 3 heterocycles. The second-order valence-corrected chi connectivity index (χ2v) is 14.9. The lowest BCUT2D eigenvalue weighted by Gasteiger charge is -2.27. The Hall–Kier alpha value is -7.82. The van der Waals surface area contributed by atoms with Gasteiger partial charge >= 0.3 is 0 Å². The van der Waals surface area contributed by atoms with Crippen molar-refractivity contribution in [1.29, 1.82) is 0 Å². The highest BCUT2D eigenvalue weighted by molar-refractivity contribution is 6.17. The maximum absolute atomic E-state index is 6.79. The summed E-state index contributed by atoms with van der Waals surface area (Å²) < 4.78 is 15.9. The van der Waals surface area contributed by atoms with Gasteiger partial charge in [0.2, 0.25) is 0 Å². The number of aromatic nitrogens is 1. The molecule has 272 valence electrons. The van der Waals surface area contributed by atoms with E-state index in [-0.39, 0.29) is 0 Å². The van der Waals surface area contributed by atoms with Crippen LogP contribution in [0.3, 0.4) is 0 Å². The van der Waals surface area contributed by atoms with Gasteiger partial charge in [0.25, 0.3) is 0 Å². The van der Waals surface area contributed by atoms with E-state index in [1.54, 1.807) is 0 Å². The van der Waals surface area contributed by atoms with E-state index in [1.807, 2.05) is 12.1 Å². The Kier molecular flexibility index (Phi) is 7.20. The first-order valence-electron chi connectivity index (χ1n) is 19.7. The Morgan fingerprint density at radius 1 is 0.362 bits per heavy atom. The van der Waals surface area contributed by atoms with E-state index in [9.17, 15) is 0 Å². The monoisotopic (exact) mass is 742 g/mol. The van der Waals surface area contributed by atoms with Gasteiger partial charge in [-0.1, -0.05) is 127 Å². The quantitative estimate of drug-likeness (QED) is 0.170. The van der Waals surface area contributed by atoms with Gasteiger partial charge in [-0.2, -0.15) is 0 Å². The number of anilines is 3. The molecule has 3 aromatic heterocycles. The number of hydrogen-bond donors (Lipinski definition) is 0. The van der Waals surface area contributed by atoms with Crippen molar-refractivity contribution in [3.8, 4) is 27.9 Å². The Bertz CT molecular complexity index is 3470. The third kappa shape index (κ3) is 5.02. The smallest absolute Gasteiger partial charge is 0.145 e. The van der Waals surface area contributed by atoms with Gasteiger partial charge in [0.05, 0.1) is 22.1 Å². The van der Waals surface area contributed by atoms with Crippen LogP contribution in [0.2, 0.25) is 0 Å². The fourth-order valence-corrected chi connectivity index (χ4v) is 8.96. The van der Waals surface area contributed by atoms with Gasteiger partial charge in [-0.15, -0.1) is 0 Å². The zero-order valence-corrected chi connectivity index (χ0v) is 31.3. The van der Waals surface area contributed by atoms with Gasteiger partial charge in [-0.3, -0.25) is 0 Å². The molecule has 0 saturated heterocycles. The Morgan fingerprint density at radius 3 is 1.74 bits per heavy atom. The van der Waals surface area contributed by atoms with E-state index < -0.39 is 0 Å². The molecule has 9 aromatic carbocycles. The molecule has 4 heteroatoms. The molecular weight excluding hydrogens is 709 g/mol. The summed E-state index contributed by atoms with van der Waals surface area (Å²) in [7, 11) is 0. The molecular formula is C54H34N2O2. The zero-order valence-electron chi connectivity index (χ0n) is 31.3. The van der Waals surface area contributed by atoms with Crippen molar-refractivity contribution in [3.05, 3.63) is 206 Å². The van der Waals surface area contributed by atoms with Gasteiger partial charge in [0.1, 0.15) is 22.3 Å². The van der Waals surface area contributed by atoms with E-state index in [4.69, 9.17) is 8.83 Å². The predicted molar refractivity (Wildman–Crippen MR) is 241 cm³/mol. The van der Waals surface area contributed by atoms with Crippen LogP contribution in [-0.2, 0) is 0 Å². The first-order valence-corrected chi connectivity index (χ1v) is 19.7. The summed E-state index contributed by atoms with van der Waals surface area (Å²) in [6, 6.07) is 73.1. The normalized spacial score (nSPS) is 11.8. The lowest BCUT2D eigenvalue weighted by atomic mass is 9.99. The van der Waals surface area contributed by atoms with Crippen LogP contribution in [0.5, 0.6) is 0 Å². The summed E-state index contributed by atoms with van der Waals surface area (Å²) in [6.45, 7) is 0. The molecule has 58 heavy (non-hydrogen) atoms.